The molecule has 1 heterocycles. The van der Waals surface area contributed by atoms with E-state index in [0.717, 1.165) is 22.4 Å². The van der Waals surface area contributed by atoms with Crippen LogP contribution < -0.4 is 10.6 Å². The first-order valence-corrected chi connectivity index (χ1v) is 12.1. The normalized spacial score (nSPS) is 10.8. The molecule has 0 bridgehead atoms. The SMILES string of the molecule is CCn1c(CNC(=O)c2ccc(Cl)c(Cl)c2)nnc1SCC(=O)Nc1c(C)cc(C)cc1C. The molecule has 174 valence electrons. The van der Waals surface area contributed by atoms with E-state index < -0.39 is 0 Å². The molecule has 0 unspecified atom stereocenters. The Balaban J connectivity index is 1.60. The van der Waals surface area contributed by atoms with Gasteiger partial charge in [0.05, 0.1) is 22.3 Å². The highest BCUT2D eigenvalue weighted by molar-refractivity contribution is 7.99. The van der Waals surface area contributed by atoms with Crippen LogP contribution in [0.25, 0.3) is 0 Å². The van der Waals surface area contributed by atoms with Gasteiger partial charge in [-0.3, -0.25) is 9.59 Å². The summed E-state index contributed by atoms with van der Waals surface area (Å²) in [5.74, 6) is 0.381. The third-order valence-electron chi connectivity index (χ3n) is 4.97. The van der Waals surface area contributed by atoms with Crippen LogP contribution in [0.5, 0.6) is 0 Å². The third-order valence-corrected chi connectivity index (χ3v) is 6.68. The van der Waals surface area contributed by atoms with Crippen LogP contribution in [0.1, 0.15) is 39.8 Å². The molecular weight excluding hydrogens is 481 g/mol. The topological polar surface area (TPSA) is 88.9 Å². The summed E-state index contributed by atoms with van der Waals surface area (Å²) < 4.78 is 1.87. The van der Waals surface area contributed by atoms with Crippen molar-refractivity contribution >= 4 is 52.5 Å². The minimum atomic E-state index is -0.295. The van der Waals surface area contributed by atoms with Gasteiger partial charge in [-0.15, -0.1) is 10.2 Å². The van der Waals surface area contributed by atoms with Gasteiger partial charge in [0, 0.05) is 17.8 Å². The van der Waals surface area contributed by atoms with Crippen LogP contribution in [0.15, 0.2) is 35.5 Å². The summed E-state index contributed by atoms with van der Waals surface area (Å²) in [5.41, 5.74) is 4.46. The van der Waals surface area contributed by atoms with E-state index in [1.807, 2.05) is 44.4 Å². The summed E-state index contributed by atoms with van der Waals surface area (Å²) in [7, 11) is 0. The van der Waals surface area contributed by atoms with Crippen molar-refractivity contribution in [1.29, 1.82) is 0 Å². The van der Waals surface area contributed by atoms with E-state index in [9.17, 15) is 9.59 Å². The fourth-order valence-electron chi connectivity index (χ4n) is 3.46. The van der Waals surface area contributed by atoms with Crippen LogP contribution in [-0.2, 0) is 17.9 Å². The van der Waals surface area contributed by atoms with E-state index >= 15 is 0 Å². The van der Waals surface area contributed by atoms with Gasteiger partial charge in [-0.2, -0.15) is 0 Å². The molecule has 7 nitrogen and oxygen atoms in total. The number of aryl methyl sites for hydroxylation is 3. The van der Waals surface area contributed by atoms with Gasteiger partial charge in [0.15, 0.2) is 11.0 Å². The molecular formula is C23H25Cl2N5O2S. The average Bonchev–Trinajstić information content (AvgIpc) is 3.16. The molecule has 0 fully saturated rings. The number of hydrogen-bond donors (Lipinski definition) is 2. The van der Waals surface area contributed by atoms with Crippen molar-refractivity contribution in [3.05, 3.63) is 68.5 Å². The molecule has 2 amide bonds. The van der Waals surface area contributed by atoms with Crippen molar-refractivity contribution in [3.8, 4) is 0 Å². The van der Waals surface area contributed by atoms with E-state index in [2.05, 4.69) is 20.8 Å². The van der Waals surface area contributed by atoms with Gasteiger partial charge in [-0.25, -0.2) is 0 Å². The smallest absolute Gasteiger partial charge is 0.251 e. The molecule has 3 rings (SSSR count). The average molecular weight is 506 g/mol. The highest BCUT2D eigenvalue weighted by Crippen LogP contribution is 2.24. The summed E-state index contributed by atoms with van der Waals surface area (Å²) in [6.45, 7) is 8.74. The lowest BCUT2D eigenvalue weighted by molar-refractivity contribution is -0.113. The molecule has 2 aromatic carbocycles. The second kappa shape index (κ2) is 11.0. The lowest BCUT2D eigenvalue weighted by Crippen LogP contribution is -2.24. The number of benzene rings is 2. The molecule has 1 aromatic heterocycles. The molecule has 0 saturated carbocycles. The molecule has 0 spiro atoms. The zero-order valence-corrected chi connectivity index (χ0v) is 21.2. The minimum Gasteiger partial charge on any atom is -0.345 e. The Morgan fingerprint density at radius 3 is 2.36 bits per heavy atom. The van der Waals surface area contributed by atoms with Crippen molar-refractivity contribution in [3.63, 3.8) is 0 Å². The van der Waals surface area contributed by atoms with Crippen molar-refractivity contribution in [2.24, 2.45) is 0 Å². The minimum absolute atomic E-state index is 0.116. The number of hydrogen-bond acceptors (Lipinski definition) is 5. The Morgan fingerprint density at radius 1 is 1.03 bits per heavy atom. The molecule has 0 aliphatic carbocycles. The summed E-state index contributed by atoms with van der Waals surface area (Å²) in [6, 6.07) is 8.78. The van der Waals surface area contributed by atoms with E-state index in [1.165, 1.54) is 17.8 Å². The zero-order valence-electron chi connectivity index (χ0n) is 18.8. The number of rotatable bonds is 8. The van der Waals surface area contributed by atoms with Crippen LogP contribution in [0.2, 0.25) is 10.0 Å². The predicted molar refractivity (Wildman–Crippen MR) is 133 cm³/mol. The summed E-state index contributed by atoms with van der Waals surface area (Å²) in [6.07, 6.45) is 0. The lowest BCUT2D eigenvalue weighted by atomic mass is 10.1. The number of aromatic nitrogens is 3. The maximum absolute atomic E-state index is 12.5. The van der Waals surface area contributed by atoms with Crippen molar-refractivity contribution in [2.45, 2.75) is 45.9 Å². The van der Waals surface area contributed by atoms with Crippen molar-refractivity contribution in [1.82, 2.24) is 20.1 Å². The van der Waals surface area contributed by atoms with Crippen LogP contribution in [0, 0.1) is 20.8 Å². The molecule has 0 atom stereocenters. The fourth-order valence-corrected chi connectivity index (χ4v) is 4.58. The molecule has 10 heteroatoms. The molecule has 33 heavy (non-hydrogen) atoms. The van der Waals surface area contributed by atoms with Gasteiger partial charge in [0.1, 0.15) is 0 Å². The number of anilines is 1. The van der Waals surface area contributed by atoms with Crippen LogP contribution >= 0.6 is 35.0 Å². The van der Waals surface area contributed by atoms with E-state index in [0.29, 0.717) is 33.1 Å². The lowest BCUT2D eigenvalue weighted by Gasteiger charge is -2.13. The van der Waals surface area contributed by atoms with Crippen molar-refractivity contribution < 1.29 is 9.59 Å². The molecule has 3 aromatic rings. The number of carbonyl (C=O) groups is 2. The number of thioether (sulfide) groups is 1. The molecule has 0 saturated heterocycles. The second-order valence-electron chi connectivity index (χ2n) is 7.57. The van der Waals surface area contributed by atoms with E-state index in [1.54, 1.807) is 12.1 Å². The number of amides is 2. The van der Waals surface area contributed by atoms with Crippen LogP contribution in [-0.4, -0.2) is 32.3 Å². The molecule has 0 aliphatic rings. The van der Waals surface area contributed by atoms with Gasteiger partial charge in [-0.1, -0.05) is 52.7 Å². The maximum atomic E-state index is 12.5. The van der Waals surface area contributed by atoms with Gasteiger partial charge in [0.25, 0.3) is 5.91 Å². The van der Waals surface area contributed by atoms with Gasteiger partial charge in [0.2, 0.25) is 5.91 Å². The second-order valence-corrected chi connectivity index (χ2v) is 9.32. The largest absolute Gasteiger partial charge is 0.345 e. The molecule has 0 aliphatic heterocycles. The Bertz CT molecular complexity index is 1170. The molecule has 0 radical (unpaired) electrons. The number of halogens is 2. The highest BCUT2D eigenvalue weighted by atomic mass is 35.5. The number of nitrogens with zero attached hydrogens (tertiary/aromatic N) is 3. The van der Waals surface area contributed by atoms with Gasteiger partial charge in [-0.05, 0) is 57.0 Å². The quantitative estimate of drug-likeness (QED) is 0.411. The van der Waals surface area contributed by atoms with Crippen LogP contribution in [0.3, 0.4) is 0 Å². The fraction of sp³-hybridized carbons (Fsp3) is 0.304. The number of carbonyl (C=O) groups excluding carboxylic acids is 2. The standard InChI is InChI=1S/C23H25Cl2N5O2S/c1-5-30-19(11-26-22(32)16-6-7-17(24)18(25)10-16)28-29-23(30)33-12-20(31)27-21-14(3)8-13(2)9-15(21)4/h6-10H,5,11-12H2,1-4H3,(H,26,32)(H,27,31). The molecule has 2 N–H and O–H groups in total. The van der Waals surface area contributed by atoms with Gasteiger partial charge >= 0.3 is 0 Å². The summed E-state index contributed by atoms with van der Waals surface area (Å²) in [5, 5.41) is 15.5. The van der Waals surface area contributed by atoms with Crippen LogP contribution in [0.4, 0.5) is 5.69 Å². The third kappa shape index (κ3) is 6.28. The Hall–Kier alpha value is -2.55. The van der Waals surface area contributed by atoms with E-state index in [4.69, 9.17) is 23.2 Å². The van der Waals surface area contributed by atoms with Crippen molar-refractivity contribution in [2.75, 3.05) is 11.1 Å². The Kier molecular flexibility index (Phi) is 8.40. The Labute approximate surface area is 207 Å². The summed E-state index contributed by atoms with van der Waals surface area (Å²) >= 11 is 13.2. The first kappa shape index (κ1) is 25.1. The zero-order chi connectivity index (χ0) is 24.1. The Morgan fingerprint density at radius 2 is 1.73 bits per heavy atom. The van der Waals surface area contributed by atoms with Gasteiger partial charge < -0.3 is 15.2 Å². The first-order valence-electron chi connectivity index (χ1n) is 10.4. The first-order chi connectivity index (χ1) is 15.7. The highest BCUT2D eigenvalue weighted by Gasteiger charge is 2.16. The maximum Gasteiger partial charge on any atom is 0.251 e. The predicted octanol–water partition coefficient (Wildman–Crippen LogP) is 5.19. The monoisotopic (exact) mass is 505 g/mol. The summed E-state index contributed by atoms with van der Waals surface area (Å²) in [4.78, 5) is 25.0. The van der Waals surface area contributed by atoms with E-state index in [-0.39, 0.29) is 24.1 Å². The number of nitrogens with one attached hydrogen (secondary N) is 2.